The van der Waals surface area contributed by atoms with Crippen molar-refractivity contribution in [2.24, 2.45) is 5.92 Å². The van der Waals surface area contributed by atoms with E-state index in [4.69, 9.17) is 9.47 Å². The van der Waals surface area contributed by atoms with Gasteiger partial charge in [0.05, 0.1) is 17.0 Å². The molecule has 1 amide bonds. The van der Waals surface area contributed by atoms with Gasteiger partial charge in [-0.2, -0.15) is 18.2 Å². The summed E-state index contributed by atoms with van der Waals surface area (Å²) in [5.74, 6) is 0.0486. The lowest BCUT2D eigenvalue weighted by molar-refractivity contribution is -0.141. The predicted octanol–water partition coefficient (Wildman–Crippen LogP) is 4.07. The molecule has 0 spiro atoms. The number of hydrogen-bond donors (Lipinski definition) is 1. The average molecular weight is 465 g/mol. The van der Waals surface area contributed by atoms with Crippen LogP contribution in [0.2, 0.25) is 0 Å². The third kappa shape index (κ3) is 5.56. The van der Waals surface area contributed by atoms with Crippen LogP contribution in [0.25, 0.3) is 10.7 Å². The van der Waals surface area contributed by atoms with E-state index in [1.54, 1.807) is 11.7 Å². The summed E-state index contributed by atoms with van der Waals surface area (Å²) in [7, 11) is 0. The molecule has 0 atom stereocenters. The van der Waals surface area contributed by atoms with E-state index in [0.29, 0.717) is 30.6 Å². The van der Waals surface area contributed by atoms with Gasteiger partial charge in [-0.3, -0.25) is 14.8 Å². The standard InChI is InChI=1S/C20H18F3N5O3S/c21-20(22,23)16-7-13(1-4-25-16)26-19(29)14-8-17(31-10-12-2-5-30-6-3-12)28-18(27-14)15-9-24-11-32-15/h1,4,7-9,11-12H,2-3,5-6,10H2,(H,25,26,29). The molecule has 168 valence electrons. The molecule has 4 heterocycles. The van der Waals surface area contributed by atoms with Crippen LogP contribution >= 0.6 is 11.3 Å². The fourth-order valence-electron chi connectivity index (χ4n) is 3.03. The molecule has 0 saturated carbocycles. The van der Waals surface area contributed by atoms with Crippen LogP contribution < -0.4 is 10.1 Å². The fraction of sp³-hybridized carbons (Fsp3) is 0.350. The van der Waals surface area contributed by atoms with Gasteiger partial charge in [0.15, 0.2) is 5.82 Å². The second kappa shape index (κ2) is 9.57. The highest BCUT2D eigenvalue weighted by Gasteiger charge is 2.32. The number of anilines is 1. The number of thiazole rings is 1. The minimum Gasteiger partial charge on any atom is -0.477 e. The molecule has 1 saturated heterocycles. The second-order valence-corrected chi connectivity index (χ2v) is 7.92. The van der Waals surface area contributed by atoms with E-state index in [-0.39, 0.29) is 23.1 Å². The zero-order valence-electron chi connectivity index (χ0n) is 16.6. The lowest BCUT2D eigenvalue weighted by Crippen LogP contribution is -2.22. The first-order valence-corrected chi connectivity index (χ1v) is 10.6. The van der Waals surface area contributed by atoms with Crippen LogP contribution in [-0.2, 0) is 10.9 Å². The zero-order valence-corrected chi connectivity index (χ0v) is 17.4. The van der Waals surface area contributed by atoms with E-state index >= 15 is 0 Å². The number of ether oxygens (including phenoxy) is 2. The van der Waals surface area contributed by atoms with Crippen molar-refractivity contribution in [3.8, 4) is 16.6 Å². The van der Waals surface area contributed by atoms with Crippen molar-refractivity contribution < 1.29 is 27.4 Å². The normalized spacial score (nSPS) is 14.8. The summed E-state index contributed by atoms with van der Waals surface area (Å²) in [5, 5.41) is 2.42. The maximum absolute atomic E-state index is 12.9. The molecule has 8 nitrogen and oxygen atoms in total. The van der Waals surface area contributed by atoms with Crippen LogP contribution in [0.3, 0.4) is 0 Å². The van der Waals surface area contributed by atoms with Gasteiger partial charge in [0.1, 0.15) is 11.4 Å². The maximum atomic E-state index is 12.9. The number of nitrogens with zero attached hydrogens (tertiary/aromatic N) is 4. The molecule has 4 rings (SSSR count). The molecule has 1 N–H and O–H groups in total. The molecule has 0 aromatic carbocycles. The first kappa shape index (κ1) is 22.1. The fourth-order valence-corrected chi connectivity index (χ4v) is 3.58. The molecule has 32 heavy (non-hydrogen) atoms. The molecule has 0 radical (unpaired) electrons. The summed E-state index contributed by atoms with van der Waals surface area (Å²) in [6.07, 6.45) is -0.362. The van der Waals surface area contributed by atoms with Crippen molar-refractivity contribution in [1.29, 1.82) is 0 Å². The van der Waals surface area contributed by atoms with Gasteiger partial charge in [-0.1, -0.05) is 0 Å². The Morgan fingerprint density at radius 1 is 1.25 bits per heavy atom. The monoisotopic (exact) mass is 465 g/mol. The van der Waals surface area contributed by atoms with Crippen molar-refractivity contribution >= 4 is 22.9 Å². The Bertz CT molecular complexity index is 1070. The van der Waals surface area contributed by atoms with E-state index < -0.39 is 17.8 Å². The predicted molar refractivity (Wildman–Crippen MR) is 109 cm³/mol. The van der Waals surface area contributed by atoms with Gasteiger partial charge in [0, 0.05) is 37.4 Å². The largest absolute Gasteiger partial charge is 0.477 e. The number of rotatable bonds is 6. The van der Waals surface area contributed by atoms with Crippen molar-refractivity contribution in [2.45, 2.75) is 19.0 Å². The highest BCUT2D eigenvalue weighted by Crippen LogP contribution is 2.29. The maximum Gasteiger partial charge on any atom is 0.433 e. The number of alkyl halides is 3. The van der Waals surface area contributed by atoms with Crippen LogP contribution in [0.5, 0.6) is 5.88 Å². The van der Waals surface area contributed by atoms with Crippen LogP contribution in [-0.4, -0.2) is 45.7 Å². The lowest BCUT2D eigenvalue weighted by Gasteiger charge is -2.21. The van der Waals surface area contributed by atoms with E-state index in [1.165, 1.54) is 23.5 Å². The average Bonchev–Trinajstić information content (AvgIpc) is 3.33. The van der Waals surface area contributed by atoms with E-state index in [9.17, 15) is 18.0 Å². The minimum atomic E-state index is -4.62. The van der Waals surface area contributed by atoms with Crippen molar-refractivity contribution in [2.75, 3.05) is 25.1 Å². The topological polar surface area (TPSA) is 99.1 Å². The van der Waals surface area contributed by atoms with Crippen LogP contribution in [0.15, 0.2) is 36.1 Å². The van der Waals surface area contributed by atoms with Crippen molar-refractivity contribution in [1.82, 2.24) is 19.9 Å². The van der Waals surface area contributed by atoms with Gasteiger partial charge in [0.2, 0.25) is 5.88 Å². The Hall–Kier alpha value is -3.12. The summed E-state index contributed by atoms with van der Waals surface area (Å²) < 4.78 is 49.9. The molecule has 0 aliphatic carbocycles. The quantitative estimate of drug-likeness (QED) is 0.586. The summed E-state index contributed by atoms with van der Waals surface area (Å²) in [6, 6.07) is 3.39. The second-order valence-electron chi connectivity index (χ2n) is 7.03. The Labute approximate surface area is 184 Å². The van der Waals surface area contributed by atoms with Gasteiger partial charge in [-0.15, -0.1) is 11.3 Å². The first-order valence-electron chi connectivity index (χ1n) is 9.71. The van der Waals surface area contributed by atoms with E-state index in [1.807, 2.05) is 0 Å². The molecule has 0 bridgehead atoms. The Morgan fingerprint density at radius 3 is 2.78 bits per heavy atom. The Morgan fingerprint density at radius 2 is 2.06 bits per heavy atom. The van der Waals surface area contributed by atoms with Gasteiger partial charge < -0.3 is 14.8 Å². The zero-order chi connectivity index (χ0) is 22.6. The molecular weight excluding hydrogens is 447 g/mol. The number of halogens is 3. The molecule has 1 fully saturated rings. The molecule has 12 heteroatoms. The third-order valence-corrected chi connectivity index (χ3v) is 5.47. The molecule has 3 aromatic rings. The van der Waals surface area contributed by atoms with Crippen LogP contribution in [0.1, 0.15) is 29.0 Å². The number of pyridine rings is 1. The van der Waals surface area contributed by atoms with Crippen molar-refractivity contribution in [3.63, 3.8) is 0 Å². The molecular formula is C20H18F3N5O3S. The molecule has 1 aliphatic heterocycles. The van der Waals surface area contributed by atoms with Gasteiger partial charge >= 0.3 is 6.18 Å². The molecule has 1 aliphatic rings. The number of nitrogens with one attached hydrogen (secondary N) is 1. The summed E-state index contributed by atoms with van der Waals surface area (Å²) in [6.45, 7) is 1.75. The highest BCUT2D eigenvalue weighted by molar-refractivity contribution is 7.13. The van der Waals surface area contributed by atoms with Crippen molar-refractivity contribution in [3.05, 3.63) is 47.5 Å². The number of aromatic nitrogens is 4. The Balaban J connectivity index is 1.56. The van der Waals surface area contributed by atoms with Crippen LogP contribution in [0, 0.1) is 5.92 Å². The summed E-state index contributed by atoms with van der Waals surface area (Å²) in [5.41, 5.74) is 0.392. The molecule has 3 aromatic heterocycles. The van der Waals surface area contributed by atoms with E-state index in [2.05, 4.69) is 25.3 Å². The highest BCUT2D eigenvalue weighted by atomic mass is 32.1. The minimum absolute atomic E-state index is 0.0456. The summed E-state index contributed by atoms with van der Waals surface area (Å²) in [4.78, 5) is 29.3. The summed E-state index contributed by atoms with van der Waals surface area (Å²) >= 11 is 1.29. The number of hydrogen-bond acceptors (Lipinski definition) is 8. The van der Waals surface area contributed by atoms with Gasteiger partial charge in [-0.25, -0.2) is 4.98 Å². The number of amides is 1. The lowest BCUT2D eigenvalue weighted by atomic mass is 10.0. The molecule has 0 unspecified atom stereocenters. The van der Waals surface area contributed by atoms with Gasteiger partial charge in [-0.05, 0) is 30.9 Å². The smallest absolute Gasteiger partial charge is 0.433 e. The number of carbonyl (C=O) groups excluding carboxylic acids is 1. The SMILES string of the molecule is O=C(Nc1ccnc(C(F)(F)F)c1)c1cc(OCC2CCOCC2)nc(-c2cncs2)n1. The Kier molecular flexibility index (Phi) is 6.61. The van der Waals surface area contributed by atoms with E-state index in [0.717, 1.165) is 25.1 Å². The third-order valence-electron chi connectivity index (χ3n) is 4.70. The number of carbonyl (C=O) groups is 1. The van der Waals surface area contributed by atoms with Crippen LogP contribution in [0.4, 0.5) is 18.9 Å². The first-order chi connectivity index (χ1) is 15.4. The van der Waals surface area contributed by atoms with Gasteiger partial charge in [0.25, 0.3) is 5.91 Å².